The number of nitrogens with zero attached hydrogens (tertiary/aromatic N) is 1. The van der Waals surface area contributed by atoms with Gasteiger partial charge in [-0.3, -0.25) is 0 Å². The minimum Gasteiger partial charge on any atom is -0.444 e. The van der Waals surface area contributed by atoms with Gasteiger partial charge in [-0.1, -0.05) is 12.5 Å². The molecule has 1 aliphatic carbocycles. The molecular formula is C17H30N2O2. The van der Waals surface area contributed by atoms with Gasteiger partial charge in [0.15, 0.2) is 0 Å². The molecule has 1 amide bonds. The van der Waals surface area contributed by atoms with Crippen molar-refractivity contribution in [3.05, 3.63) is 12.7 Å². The maximum atomic E-state index is 12.4. The number of rotatable bonds is 4. The summed E-state index contributed by atoms with van der Waals surface area (Å²) in [6, 6.07) is 0.848. The summed E-state index contributed by atoms with van der Waals surface area (Å²) in [6.45, 7) is 11.3. The smallest absolute Gasteiger partial charge is 0.410 e. The number of ether oxygens (including phenoxy) is 1. The Morgan fingerprint density at radius 2 is 2.10 bits per heavy atom. The van der Waals surface area contributed by atoms with Crippen molar-refractivity contribution >= 4 is 6.09 Å². The molecule has 2 fully saturated rings. The minimum atomic E-state index is -0.416. The largest absolute Gasteiger partial charge is 0.444 e. The lowest BCUT2D eigenvalue weighted by Crippen LogP contribution is -2.47. The van der Waals surface area contributed by atoms with Crippen LogP contribution in [0.15, 0.2) is 12.7 Å². The molecule has 1 N–H and O–H groups in total. The average molecular weight is 294 g/mol. The van der Waals surface area contributed by atoms with E-state index in [2.05, 4.69) is 11.9 Å². The van der Waals surface area contributed by atoms with Crippen LogP contribution in [0.1, 0.15) is 52.9 Å². The zero-order valence-electron chi connectivity index (χ0n) is 13.7. The van der Waals surface area contributed by atoms with Crippen LogP contribution in [-0.4, -0.2) is 41.8 Å². The molecule has 0 aromatic heterocycles. The summed E-state index contributed by atoms with van der Waals surface area (Å²) in [7, 11) is 0. The third-order valence-corrected chi connectivity index (χ3v) is 4.52. The fourth-order valence-corrected chi connectivity index (χ4v) is 3.72. The monoisotopic (exact) mass is 294 g/mol. The number of nitrogens with one attached hydrogen (secondary N) is 1. The van der Waals surface area contributed by atoms with Gasteiger partial charge in [0, 0.05) is 25.2 Å². The first-order valence-electron chi connectivity index (χ1n) is 8.26. The Morgan fingerprint density at radius 3 is 2.76 bits per heavy atom. The van der Waals surface area contributed by atoms with Gasteiger partial charge in [0.2, 0.25) is 0 Å². The van der Waals surface area contributed by atoms with E-state index in [1.807, 2.05) is 31.7 Å². The van der Waals surface area contributed by atoms with Crippen molar-refractivity contribution in [1.82, 2.24) is 10.2 Å². The van der Waals surface area contributed by atoms with E-state index in [0.717, 1.165) is 25.9 Å². The van der Waals surface area contributed by atoms with Crippen LogP contribution < -0.4 is 5.32 Å². The Kier molecular flexibility index (Phi) is 5.31. The van der Waals surface area contributed by atoms with Gasteiger partial charge >= 0.3 is 6.09 Å². The fourth-order valence-electron chi connectivity index (χ4n) is 3.72. The predicted molar refractivity (Wildman–Crippen MR) is 85.3 cm³/mol. The molecule has 0 aromatic rings. The summed E-state index contributed by atoms with van der Waals surface area (Å²) in [6.07, 6.45) is 7.63. The van der Waals surface area contributed by atoms with Crippen molar-refractivity contribution in [1.29, 1.82) is 0 Å². The first-order chi connectivity index (χ1) is 9.92. The van der Waals surface area contributed by atoms with Crippen molar-refractivity contribution in [2.24, 2.45) is 5.92 Å². The van der Waals surface area contributed by atoms with Crippen LogP contribution in [0.2, 0.25) is 0 Å². The van der Waals surface area contributed by atoms with Crippen LogP contribution in [0.4, 0.5) is 4.79 Å². The third-order valence-electron chi connectivity index (χ3n) is 4.52. The molecule has 1 aliphatic heterocycles. The predicted octanol–water partition coefficient (Wildman–Crippen LogP) is 3.33. The quantitative estimate of drug-likeness (QED) is 0.809. The molecule has 0 aromatic carbocycles. The van der Waals surface area contributed by atoms with Gasteiger partial charge in [0.25, 0.3) is 0 Å². The molecule has 0 radical (unpaired) electrons. The highest BCUT2D eigenvalue weighted by atomic mass is 16.6. The molecule has 120 valence electrons. The number of carbonyl (C=O) groups is 1. The maximum Gasteiger partial charge on any atom is 0.410 e. The molecule has 21 heavy (non-hydrogen) atoms. The SMILES string of the molecule is C=CCNC1CCCC1C1CCCN1C(=O)OC(C)(C)C. The van der Waals surface area contributed by atoms with E-state index in [0.29, 0.717) is 18.0 Å². The lowest BCUT2D eigenvalue weighted by Gasteiger charge is -2.34. The second-order valence-electron chi connectivity index (χ2n) is 7.28. The van der Waals surface area contributed by atoms with Crippen molar-refractivity contribution in [2.45, 2.75) is 70.6 Å². The topological polar surface area (TPSA) is 41.6 Å². The second kappa shape index (κ2) is 6.82. The van der Waals surface area contributed by atoms with Crippen LogP contribution >= 0.6 is 0 Å². The summed E-state index contributed by atoms with van der Waals surface area (Å²) in [5.41, 5.74) is -0.416. The Morgan fingerprint density at radius 1 is 1.33 bits per heavy atom. The van der Waals surface area contributed by atoms with Crippen molar-refractivity contribution in [2.75, 3.05) is 13.1 Å². The van der Waals surface area contributed by atoms with E-state index in [4.69, 9.17) is 4.74 Å². The van der Waals surface area contributed by atoms with E-state index < -0.39 is 5.60 Å². The molecular weight excluding hydrogens is 264 g/mol. The highest BCUT2D eigenvalue weighted by molar-refractivity contribution is 5.69. The minimum absolute atomic E-state index is 0.139. The molecule has 2 rings (SSSR count). The first kappa shape index (κ1) is 16.3. The summed E-state index contributed by atoms with van der Waals surface area (Å²) < 4.78 is 5.58. The molecule has 3 atom stereocenters. The number of likely N-dealkylation sites (tertiary alicyclic amines) is 1. The lowest BCUT2D eigenvalue weighted by molar-refractivity contribution is 0.0167. The highest BCUT2D eigenvalue weighted by Gasteiger charge is 2.41. The van der Waals surface area contributed by atoms with E-state index in [-0.39, 0.29) is 6.09 Å². The summed E-state index contributed by atoms with van der Waals surface area (Å²) in [4.78, 5) is 14.4. The third kappa shape index (κ3) is 4.22. The Hall–Kier alpha value is -1.03. The number of carbonyl (C=O) groups excluding carboxylic acids is 1. The van der Waals surface area contributed by atoms with E-state index >= 15 is 0 Å². The lowest BCUT2D eigenvalue weighted by atomic mass is 9.92. The van der Waals surface area contributed by atoms with Crippen LogP contribution in [0.3, 0.4) is 0 Å². The fraction of sp³-hybridized carbons (Fsp3) is 0.824. The normalized spacial score (nSPS) is 29.7. The molecule has 2 aliphatic rings. The van der Waals surface area contributed by atoms with Crippen LogP contribution in [0.5, 0.6) is 0 Å². The van der Waals surface area contributed by atoms with Crippen LogP contribution in [0.25, 0.3) is 0 Å². The van der Waals surface area contributed by atoms with E-state index in [9.17, 15) is 4.79 Å². The molecule has 0 spiro atoms. The number of hydrogen-bond donors (Lipinski definition) is 1. The van der Waals surface area contributed by atoms with Gasteiger partial charge < -0.3 is 15.0 Å². The van der Waals surface area contributed by atoms with Crippen molar-refractivity contribution in [3.8, 4) is 0 Å². The highest BCUT2D eigenvalue weighted by Crippen LogP contribution is 2.36. The summed E-state index contributed by atoms with van der Waals surface area (Å²) in [5, 5.41) is 3.57. The molecule has 1 saturated heterocycles. The Bertz CT molecular complexity index is 375. The van der Waals surface area contributed by atoms with Crippen molar-refractivity contribution < 1.29 is 9.53 Å². The summed E-state index contributed by atoms with van der Waals surface area (Å²) in [5.74, 6) is 0.556. The Balaban J connectivity index is 2.00. The van der Waals surface area contributed by atoms with Gasteiger partial charge in [-0.05, 0) is 52.4 Å². The molecule has 3 unspecified atom stereocenters. The van der Waals surface area contributed by atoms with E-state index in [1.54, 1.807) is 0 Å². The molecule has 1 saturated carbocycles. The number of hydrogen-bond acceptors (Lipinski definition) is 3. The van der Waals surface area contributed by atoms with Gasteiger partial charge in [0.1, 0.15) is 5.60 Å². The van der Waals surface area contributed by atoms with Gasteiger partial charge in [0.05, 0.1) is 0 Å². The van der Waals surface area contributed by atoms with Gasteiger partial charge in [-0.25, -0.2) is 4.79 Å². The van der Waals surface area contributed by atoms with Crippen LogP contribution in [-0.2, 0) is 4.74 Å². The molecule has 4 heteroatoms. The standard InChI is InChI=1S/C17H30N2O2/c1-5-11-18-14-9-6-8-13(14)15-10-7-12-19(15)16(20)21-17(2,3)4/h5,13-15,18H,1,6-12H2,2-4H3. The molecule has 0 bridgehead atoms. The van der Waals surface area contributed by atoms with Gasteiger partial charge in [-0.2, -0.15) is 0 Å². The first-order valence-corrected chi connectivity index (χ1v) is 8.26. The average Bonchev–Trinajstić information content (AvgIpc) is 3.02. The van der Waals surface area contributed by atoms with Gasteiger partial charge in [-0.15, -0.1) is 6.58 Å². The zero-order valence-corrected chi connectivity index (χ0v) is 13.7. The van der Waals surface area contributed by atoms with Crippen molar-refractivity contribution in [3.63, 3.8) is 0 Å². The van der Waals surface area contributed by atoms with E-state index in [1.165, 1.54) is 19.3 Å². The second-order valence-corrected chi connectivity index (χ2v) is 7.28. The van der Waals surface area contributed by atoms with Crippen LogP contribution in [0, 0.1) is 5.92 Å². The molecule has 1 heterocycles. The zero-order chi connectivity index (χ0) is 15.5. The molecule has 4 nitrogen and oxygen atoms in total. The Labute approximate surface area is 128 Å². The summed E-state index contributed by atoms with van der Waals surface area (Å²) >= 11 is 0. The maximum absolute atomic E-state index is 12.4. The number of amides is 1.